The molecule has 92 valence electrons. The number of fused-ring (bicyclic) bond motifs is 1. The van der Waals surface area contributed by atoms with E-state index in [1.54, 1.807) is 0 Å². The van der Waals surface area contributed by atoms with Crippen LogP contribution >= 0.6 is 11.8 Å². The van der Waals surface area contributed by atoms with E-state index in [4.69, 9.17) is 9.47 Å². The smallest absolute Gasteiger partial charge is 0.162 e. The third kappa shape index (κ3) is 2.69. The molecule has 0 aromatic heterocycles. The third-order valence-corrected chi connectivity index (χ3v) is 4.30. The molecule has 0 bridgehead atoms. The van der Waals surface area contributed by atoms with Crippen LogP contribution in [0.2, 0.25) is 0 Å². The standard InChI is InChI=1S/C13H17NO2S/c1-6-15-12-3-2-10(8-13(12)16-7-1)17-11-4-5-14-9-11/h2-3,8,11,14H,1,4-7,9H2. The molecule has 1 atom stereocenters. The zero-order valence-corrected chi connectivity index (χ0v) is 10.6. The molecule has 1 saturated heterocycles. The molecule has 2 aliphatic heterocycles. The van der Waals surface area contributed by atoms with Crippen LogP contribution < -0.4 is 14.8 Å². The van der Waals surface area contributed by atoms with Crippen molar-refractivity contribution >= 4 is 11.8 Å². The topological polar surface area (TPSA) is 30.5 Å². The van der Waals surface area contributed by atoms with Crippen molar-refractivity contribution < 1.29 is 9.47 Å². The molecule has 3 rings (SSSR count). The summed E-state index contributed by atoms with van der Waals surface area (Å²) < 4.78 is 11.3. The Labute approximate surface area is 106 Å². The minimum atomic E-state index is 0.694. The molecule has 1 N–H and O–H groups in total. The van der Waals surface area contributed by atoms with Crippen LogP contribution in [0.25, 0.3) is 0 Å². The first-order valence-electron chi connectivity index (χ1n) is 6.19. The molecule has 0 saturated carbocycles. The van der Waals surface area contributed by atoms with Gasteiger partial charge in [-0.2, -0.15) is 0 Å². The highest BCUT2D eigenvalue weighted by molar-refractivity contribution is 8.00. The van der Waals surface area contributed by atoms with Gasteiger partial charge < -0.3 is 14.8 Å². The summed E-state index contributed by atoms with van der Waals surface area (Å²) in [6.07, 6.45) is 2.21. The summed E-state index contributed by atoms with van der Waals surface area (Å²) in [6, 6.07) is 6.28. The molecule has 2 aliphatic rings. The minimum absolute atomic E-state index is 0.694. The van der Waals surface area contributed by atoms with E-state index in [1.165, 1.54) is 11.3 Å². The van der Waals surface area contributed by atoms with Crippen molar-refractivity contribution in [3.63, 3.8) is 0 Å². The van der Waals surface area contributed by atoms with Crippen molar-refractivity contribution in [2.75, 3.05) is 26.3 Å². The van der Waals surface area contributed by atoms with Crippen LogP contribution in [0.15, 0.2) is 23.1 Å². The van der Waals surface area contributed by atoms with E-state index in [-0.39, 0.29) is 0 Å². The first-order valence-corrected chi connectivity index (χ1v) is 7.07. The van der Waals surface area contributed by atoms with E-state index in [2.05, 4.69) is 17.4 Å². The zero-order chi connectivity index (χ0) is 11.5. The van der Waals surface area contributed by atoms with Crippen molar-refractivity contribution in [2.24, 2.45) is 0 Å². The lowest BCUT2D eigenvalue weighted by Gasteiger charge is -2.11. The van der Waals surface area contributed by atoms with E-state index < -0.39 is 0 Å². The van der Waals surface area contributed by atoms with E-state index >= 15 is 0 Å². The maximum Gasteiger partial charge on any atom is 0.162 e. The molecular formula is C13H17NO2S. The summed E-state index contributed by atoms with van der Waals surface area (Å²) in [5.74, 6) is 1.79. The molecule has 1 fully saturated rings. The Bertz CT molecular complexity index is 391. The van der Waals surface area contributed by atoms with Crippen LogP contribution in [0.5, 0.6) is 11.5 Å². The molecule has 1 aromatic rings. The first-order chi connectivity index (χ1) is 8.42. The van der Waals surface area contributed by atoms with Crippen LogP contribution in [0.3, 0.4) is 0 Å². The van der Waals surface area contributed by atoms with Gasteiger partial charge in [-0.3, -0.25) is 0 Å². The van der Waals surface area contributed by atoms with Gasteiger partial charge in [0.05, 0.1) is 13.2 Å². The summed E-state index contributed by atoms with van der Waals surface area (Å²) in [4.78, 5) is 1.28. The van der Waals surface area contributed by atoms with Crippen molar-refractivity contribution in [3.05, 3.63) is 18.2 Å². The number of hydrogen-bond acceptors (Lipinski definition) is 4. The SMILES string of the molecule is c1cc2c(cc1SC1CCNC1)OCCCO2. The second-order valence-corrected chi connectivity index (χ2v) is 5.77. The highest BCUT2D eigenvalue weighted by Gasteiger charge is 2.17. The van der Waals surface area contributed by atoms with Gasteiger partial charge in [0.15, 0.2) is 11.5 Å². The Morgan fingerprint density at radius 1 is 1.18 bits per heavy atom. The van der Waals surface area contributed by atoms with E-state index in [1.807, 2.05) is 17.8 Å². The summed E-state index contributed by atoms with van der Waals surface area (Å²) in [7, 11) is 0. The monoisotopic (exact) mass is 251 g/mol. The molecule has 3 nitrogen and oxygen atoms in total. The fourth-order valence-corrected chi connectivity index (χ4v) is 3.28. The van der Waals surface area contributed by atoms with Gasteiger partial charge in [0.1, 0.15) is 0 Å². The third-order valence-electron chi connectivity index (χ3n) is 3.04. The maximum atomic E-state index is 5.70. The van der Waals surface area contributed by atoms with Gasteiger partial charge in [-0.15, -0.1) is 11.8 Å². The van der Waals surface area contributed by atoms with E-state index in [0.717, 1.165) is 44.2 Å². The predicted molar refractivity (Wildman–Crippen MR) is 69.2 cm³/mol. The van der Waals surface area contributed by atoms with Gasteiger partial charge in [0, 0.05) is 23.1 Å². The second-order valence-electron chi connectivity index (χ2n) is 4.39. The largest absolute Gasteiger partial charge is 0.490 e. The lowest BCUT2D eigenvalue weighted by atomic mass is 10.3. The van der Waals surface area contributed by atoms with Crippen LogP contribution in [-0.4, -0.2) is 31.6 Å². The molecule has 17 heavy (non-hydrogen) atoms. The molecule has 2 heterocycles. The normalized spacial score (nSPS) is 23.4. The first kappa shape index (κ1) is 11.2. The highest BCUT2D eigenvalue weighted by Crippen LogP contribution is 2.36. The van der Waals surface area contributed by atoms with Gasteiger partial charge in [-0.1, -0.05) is 0 Å². The zero-order valence-electron chi connectivity index (χ0n) is 9.78. The number of hydrogen-bond donors (Lipinski definition) is 1. The highest BCUT2D eigenvalue weighted by atomic mass is 32.2. The van der Waals surface area contributed by atoms with Crippen molar-refractivity contribution in [1.82, 2.24) is 5.32 Å². The van der Waals surface area contributed by atoms with Gasteiger partial charge >= 0.3 is 0 Å². The quantitative estimate of drug-likeness (QED) is 0.873. The summed E-state index contributed by atoms with van der Waals surface area (Å²) in [5.41, 5.74) is 0. The Morgan fingerprint density at radius 3 is 2.88 bits per heavy atom. The molecule has 0 amide bonds. The second kappa shape index (κ2) is 5.19. The fraction of sp³-hybridized carbons (Fsp3) is 0.538. The van der Waals surface area contributed by atoms with Crippen molar-refractivity contribution in [1.29, 1.82) is 0 Å². The van der Waals surface area contributed by atoms with Crippen molar-refractivity contribution in [2.45, 2.75) is 23.0 Å². The summed E-state index contributed by atoms with van der Waals surface area (Å²) in [5, 5.41) is 4.08. The molecular weight excluding hydrogens is 234 g/mol. The fourth-order valence-electron chi connectivity index (χ4n) is 2.14. The van der Waals surface area contributed by atoms with Crippen LogP contribution in [0.4, 0.5) is 0 Å². The molecule has 1 aromatic carbocycles. The van der Waals surface area contributed by atoms with Gasteiger partial charge in [-0.25, -0.2) is 0 Å². The number of nitrogens with one attached hydrogen (secondary N) is 1. The minimum Gasteiger partial charge on any atom is -0.490 e. The number of thioether (sulfide) groups is 1. The molecule has 1 unspecified atom stereocenters. The number of benzene rings is 1. The van der Waals surface area contributed by atoms with E-state index in [9.17, 15) is 0 Å². The summed E-state index contributed by atoms with van der Waals surface area (Å²) >= 11 is 1.93. The Kier molecular flexibility index (Phi) is 3.43. The average molecular weight is 251 g/mol. The van der Waals surface area contributed by atoms with Crippen molar-refractivity contribution in [3.8, 4) is 11.5 Å². The number of ether oxygens (including phenoxy) is 2. The van der Waals surface area contributed by atoms with Crippen LogP contribution in [0, 0.1) is 0 Å². The van der Waals surface area contributed by atoms with Gasteiger partial charge in [-0.05, 0) is 31.2 Å². The van der Waals surface area contributed by atoms with E-state index in [0.29, 0.717) is 5.25 Å². The molecule has 0 radical (unpaired) electrons. The lowest BCUT2D eigenvalue weighted by molar-refractivity contribution is 0.297. The maximum absolute atomic E-state index is 5.70. The predicted octanol–water partition coefficient (Wildman–Crippen LogP) is 2.30. The van der Waals surface area contributed by atoms with Crippen LogP contribution in [-0.2, 0) is 0 Å². The molecule has 0 spiro atoms. The van der Waals surface area contributed by atoms with Gasteiger partial charge in [0.2, 0.25) is 0 Å². The average Bonchev–Trinajstić information content (AvgIpc) is 2.73. The van der Waals surface area contributed by atoms with Gasteiger partial charge in [0.25, 0.3) is 0 Å². The molecule has 4 heteroatoms. The summed E-state index contributed by atoms with van der Waals surface area (Å²) in [6.45, 7) is 3.76. The Morgan fingerprint density at radius 2 is 2.06 bits per heavy atom. The van der Waals surface area contributed by atoms with Crippen LogP contribution in [0.1, 0.15) is 12.8 Å². The number of rotatable bonds is 2. The Hall–Kier alpha value is -0.870. The lowest BCUT2D eigenvalue weighted by Crippen LogP contribution is -2.09. The Balaban J connectivity index is 1.74. The molecule has 0 aliphatic carbocycles.